The van der Waals surface area contributed by atoms with E-state index in [1.165, 1.54) is 33.0 Å². The lowest BCUT2D eigenvalue weighted by atomic mass is 9.81. The highest BCUT2D eigenvalue weighted by Crippen LogP contribution is 2.39. The van der Waals surface area contributed by atoms with E-state index in [9.17, 15) is 33.9 Å². The average Bonchev–Trinajstić information content (AvgIpc) is 3.23. The van der Waals surface area contributed by atoms with Gasteiger partial charge < -0.3 is 43.2 Å². The fraction of sp³-hybridized carbons (Fsp3) is 0.750. The van der Waals surface area contributed by atoms with Crippen LogP contribution in [0.4, 0.5) is 0 Å². The van der Waals surface area contributed by atoms with Crippen LogP contribution in [0.1, 0.15) is 119 Å². The summed E-state index contributed by atoms with van der Waals surface area (Å²) in [4.78, 5) is 83.3. The number of hydrogen-bond acceptors (Lipinski definition) is 14. The van der Waals surface area contributed by atoms with E-state index in [0.717, 1.165) is 0 Å². The van der Waals surface area contributed by atoms with Crippen molar-refractivity contribution >= 4 is 35.4 Å². The number of piperidine rings is 1. The Hall–Kier alpha value is -3.76. The first kappa shape index (κ1) is 51.9. The molecule has 3 aliphatic heterocycles. The summed E-state index contributed by atoms with van der Waals surface area (Å²) < 4.78 is 41.6. The molecule has 0 aromatic heterocycles. The van der Waals surface area contributed by atoms with Gasteiger partial charge in [0.2, 0.25) is 5.79 Å². The van der Waals surface area contributed by atoms with E-state index in [4.69, 9.17) is 33.2 Å². The molecule has 4 rings (SSSR count). The second-order valence-electron chi connectivity index (χ2n) is 18.4. The van der Waals surface area contributed by atoms with Crippen molar-refractivity contribution in [2.45, 2.75) is 174 Å². The van der Waals surface area contributed by atoms with Crippen molar-refractivity contribution < 1.29 is 67.0 Å². The van der Waals surface area contributed by atoms with Gasteiger partial charge in [0.25, 0.3) is 11.7 Å². The number of methoxy groups -OCH3 is 3. The maximum absolute atomic E-state index is 14.6. The molecule has 0 aromatic rings. The van der Waals surface area contributed by atoms with Crippen LogP contribution >= 0.6 is 0 Å². The third-order valence-electron chi connectivity index (χ3n) is 13.4. The number of ketones is 2. The zero-order valence-electron chi connectivity index (χ0n) is 39.1. The van der Waals surface area contributed by atoms with Gasteiger partial charge in [-0.15, -0.1) is 6.58 Å². The van der Waals surface area contributed by atoms with Crippen molar-refractivity contribution in [2.24, 2.45) is 29.6 Å². The molecule has 1 amide bonds. The summed E-state index contributed by atoms with van der Waals surface area (Å²) in [6.45, 7) is 15.8. The van der Waals surface area contributed by atoms with Gasteiger partial charge in [0.05, 0.1) is 18.3 Å². The lowest BCUT2D eigenvalue weighted by Crippen LogP contribution is -2.64. The van der Waals surface area contributed by atoms with Crippen LogP contribution in [-0.4, -0.2) is 128 Å². The summed E-state index contributed by atoms with van der Waals surface area (Å²) >= 11 is 0. The molecular formula is C48H73NO14. The number of nitrogens with zero attached hydrogens (tertiary/aromatic N) is 1. The molecule has 1 aliphatic carbocycles. The minimum atomic E-state index is -2.54. The Labute approximate surface area is 373 Å². The van der Waals surface area contributed by atoms with Crippen molar-refractivity contribution in [3.63, 3.8) is 0 Å². The minimum Gasteiger partial charge on any atom is -0.462 e. The molecule has 2 bridgehead atoms. The normalized spacial score (nSPS) is 37.1. The average molecular weight is 888 g/mol. The number of Topliss-reactive ketones (excluding diaryl/α,β-unsaturated/α-hetero) is 2. The summed E-state index contributed by atoms with van der Waals surface area (Å²) in [5.41, 5.74) is 1.12. The van der Waals surface area contributed by atoms with Gasteiger partial charge in [-0.2, -0.15) is 0 Å². The third kappa shape index (κ3) is 13.2. The second kappa shape index (κ2) is 23.4. The number of allylic oxidation sites excluding steroid dienone is 4. The van der Waals surface area contributed by atoms with E-state index >= 15 is 0 Å². The number of carbonyl (C=O) groups is 6. The monoisotopic (exact) mass is 888 g/mol. The van der Waals surface area contributed by atoms with E-state index in [-0.39, 0.29) is 61.9 Å². The summed E-state index contributed by atoms with van der Waals surface area (Å²) in [6.07, 6.45) is 4.76. The van der Waals surface area contributed by atoms with Gasteiger partial charge in [-0.05, 0) is 100 Å². The van der Waals surface area contributed by atoms with Crippen LogP contribution in [0.3, 0.4) is 0 Å². The molecule has 1 N–H and O–H groups in total. The van der Waals surface area contributed by atoms with Crippen LogP contribution in [0.15, 0.2) is 36.0 Å². The lowest BCUT2D eigenvalue weighted by Gasteiger charge is -2.47. The maximum atomic E-state index is 14.6. The SMILES string of the molecule is C=CCC1=CC(C)CC(C)CC(OC)C2O[C@@](O)(C(=O)C(=O)N3CCCC[C@H]3C(=O)OC(C(C)=C[C@@H]3CCC(OC(C)=O)[C@H](OC)C3)C(C)C(OC(C)=O)CC1=O)[C@H](C)C[C@@H]2OC. The number of esters is 3. The predicted molar refractivity (Wildman–Crippen MR) is 232 cm³/mol. The van der Waals surface area contributed by atoms with Crippen molar-refractivity contribution in [3.05, 3.63) is 36.0 Å². The topological polar surface area (TPSA) is 190 Å². The fourth-order valence-electron chi connectivity index (χ4n) is 10.1. The van der Waals surface area contributed by atoms with Crippen molar-refractivity contribution in [2.75, 3.05) is 27.9 Å². The molecule has 8 unspecified atom stereocenters. The largest absolute Gasteiger partial charge is 0.462 e. The van der Waals surface area contributed by atoms with Crippen molar-refractivity contribution in [3.8, 4) is 0 Å². The van der Waals surface area contributed by atoms with Gasteiger partial charge in [0.1, 0.15) is 30.5 Å². The Morgan fingerprint density at radius 3 is 2.10 bits per heavy atom. The quantitative estimate of drug-likeness (QED) is 0.127. The number of rotatable bonds is 9. The first-order chi connectivity index (χ1) is 29.8. The zero-order valence-corrected chi connectivity index (χ0v) is 39.1. The maximum Gasteiger partial charge on any atom is 0.329 e. The Bertz CT molecular complexity index is 1710. The Kier molecular flexibility index (Phi) is 19.3. The van der Waals surface area contributed by atoms with Crippen LogP contribution in [0.25, 0.3) is 0 Å². The molecule has 3 fully saturated rings. The number of cyclic esters (lactones) is 1. The van der Waals surface area contributed by atoms with Gasteiger partial charge in [0.15, 0.2) is 5.78 Å². The molecule has 63 heavy (non-hydrogen) atoms. The summed E-state index contributed by atoms with van der Waals surface area (Å²) in [5, 5.41) is 12.1. The molecule has 14 atom stereocenters. The minimum absolute atomic E-state index is 0.00115. The molecule has 1 saturated carbocycles. The number of ether oxygens (including phenoxy) is 7. The molecule has 3 heterocycles. The lowest BCUT2D eigenvalue weighted by molar-refractivity contribution is -0.302. The summed E-state index contributed by atoms with van der Waals surface area (Å²) in [5.74, 6) is -8.67. The smallest absolute Gasteiger partial charge is 0.329 e. The second-order valence-corrected chi connectivity index (χ2v) is 18.4. The van der Waals surface area contributed by atoms with E-state index in [1.807, 2.05) is 26.0 Å². The summed E-state index contributed by atoms with van der Waals surface area (Å²) in [7, 11) is 4.60. The van der Waals surface area contributed by atoms with Crippen molar-refractivity contribution in [1.29, 1.82) is 0 Å². The number of hydrogen-bond donors (Lipinski definition) is 1. The standard InChI is InChI=1S/C48H73NO14/c1-12-15-35-21-27(2)20-28(3)22-41(58-10)44-42(59-11)24-30(5)48(56,63-44)45(53)46(54)49-19-14-13-16-36(49)47(55)62-43(31(6)39(26-37(35)52)61-33(8)51)29(4)23-34-17-18-38(60-32(7)50)40(25-34)57-9/h12,21,23,27-28,30-31,34,36,38-44,56H,1,13-20,22,24-26H2,2-11H3/t27?,28?,30-,31?,34+,36+,38?,39?,40-,41?,42+,43?,44?,48-/m1/s1. The predicted octanol–water partition coefficient (Wildman–Crippen LogP) is 5.78. The molecule has 4 aliphatic rings. The van der Waals surface area contributed by atoms with Crippen LogP contribution in [0.5, 0.6) is 0 Å². The van der Waals surface area contributed by atoms with Gasteiger partial charge >= 0.3 is 17.9 Å². The van der Waals surface area contributed by atoms with E-state index in [1.54, 1.807) is 34.0 Å². The third-order valence-corrected chi connectivity index (χ3v) is 13.4. The van der Waals surface area contributed by atoms with Crippen LogP contribution in [0, 0.1) is 29.6 Å². The van der Waals surface area contributed by atoms with E-state index in [0.29, 0.717) is 56.1 Å². The van der Waals surface area contributed by atoms with Crippen LogP contribution in [-0.2, 0) is 61.9 Å². The highest BCUT2D eigenvalue weighted by molar-refractivity contribution is 6.39. The molecule has 0 radical (unpaired) electrons. The number of carbonyl (C=O) groups excluding carboxylic acids is 6. The zero-order chi connectivity index (χ0) is 46.8. The molecule has 2 saturated heterocycles. The van der Waals surface area contributed by atoms with Gasteiger partial charge in [-0.3, -0.25) is 24.0 Å². The van der Waals surface area contributed by atoms with E-state index in [2.05, 4.69) is 6.58 Å². The van der Waals surface area contributed by atoms with E-state index < -0.39 is 89.9 Å². The van der Waals surface area contributed by atoms with Crippen molar-refractivity contribution in [1.82, 2.24) is 4.90 Å². The molecule has 15 heteroatoms. The fourth-order valence-corrected chi connectivity index (χ4v) is 10.1. The highest BCUT2D eigenvalue weighted by Gasteiger charge is 2.56. The molecule has 0 spiro atoms. The molecule has 354 valence electrons. The van der Waals surface area contributed by atoms with Crippen LogP contribution < -0.4 is 0 Å². The van der Waals surface area contributed by atoms with Gasteiger partial charge in [0, 0.05) is 60.0 Å². The number of amides is 1. The summed E-state index contributed by atoms with van der Waals surface area (Å²) in [6, 6.07) is -1.20. The first-order valence-corrected chi connectivity index (χ1v) is 22.7. The Morgan fingerprint density at radius 2 is 1.48 bits per heavy atom. The number of aliphatic hydroxyl groups is 1. The molecule has 0 aromatic carbocycles. The van der Waals surface area contributed by atoms with Gasteiger partial charge in [-0.1, -0.05) is 45.9 Å². The Balaban J connectivity index is 1.83. The first-order valence-electron chi connectivity index (χ1n) is 22.7. The molecule has 15 nitrogen and oxygen atoms in total. The van der Waals surface area contributed by atoms with Gasteiger partial charge in [-0.25, -0.2) is 4.79 Å². The number of fused-ring (bicyclic) bond motifs is 3. The highest BCUT2D eigenvalue weighted by atomic mass is 16.7. The molecular weight excluding hydrogens is 815 g/mol. The van der Waals surface area contributed by atoms with Crippen LogP contribution in [0.2, 0.25) is 0 Å². The Morgan fingerprint density at radius 1 is 0.841 bits per heavy atom.